The van der Waals surface area contributed by atoms with Crippen LogP contribution in [0.2, 0.25) is 0 Å². The Kier molecular flexibility index (Phi) is 5.28. The van der Waals surface area contributed by atoms with Crippen LogP contribution in [-0.2, 0) is 11.3 Å². The molecule has 1 aromatic heterocycles. The number of azide groups is 1. The van der Waals surface area contributed by atoms with E-state index in [1.807, 2.05) is 32.9 Å². The maximum Gasteiger partial charge on any atom is 0.410 e. The van der Waals surface area contributed by atoms with Gasteiger partial charge in [0.25, 0.3) is 0 Å². The lowest BCUT2D eigenvalue weighted by molar-refractivity contribution is 0.0240. The summed E-state index contributed by atoms with van der Waals surface area (Å²) < 4.78 is 5.39. The molecule has 8 nitrogen and oxygen atoms in total. The highest BCUT2D eigenvalue weighted by Crippen LogP contribution is 2.20. The fourth-order valence-corrected chi connectivity index (χ4v) is 2.37. The van der Waals surface area contributed by atoms with E-state index in [-0.39, 0.29) is 12.6 Å². The molecule has 1 aromatic rings. The molecule has 23 heavy (non-hydrogen) atoms. The summed E-state index contributed by atoms with van der Waals surface area (Å²) >= 11 is 0. The van der Waals surface area contributed by atoms with Crippen LogP contribution >= 0.6 is 0 Å². The van der Waals surface area contributed by atoms with E-state index in [1.54, 1.807) is 11.1 Å². The number of anilines is 1. The van der Waals surface area contributed by atoms with Gasteiger partial charge in [-0.3, -0.25) is 0 Å². The summed E-state index contributed by atoms with van der Waals surface area (Å²) in [6, 6.07) is 3.72. The van der Waals surface area contributed by atoms with Crippen molar-refractivity contribution in [3.8, 4) is 0 Å². The zero-order valence-electron chi connectivity index (χ0n) is 13.8. The van der Waals surface area contributed by atoms with E-state index in [2.05, 4.69) is 19.9 Å². The minimum Gasteiger partial charge on any atom is -0.444 e. The maximum atomic E-state index is 12.1. The molecule has 8 heteroatoms. The molecule has 0 spiro atoms. The Balaban J connectivity index is 1.99. The SMILES string of the molecule is CC(C)(C)OC(=O)N1CCN(c2ncccc2CN=[N+]=[N-])CC1. The monoisotopic (exact) mass is 318 g/mol. The quantitative estimate of drug-likeness (QED) is 0.486. The third-order valence-electron chi connectivity index (χ3n) is 3.40. The van der Waals surface area contributed by atoms with Gasteiger partial charge in [-0.2, -0.15) is 0 Å². The number of hydrogen-bond donors (Lipinski definition) is 0. The number of piperazine rings is 1. The zero-order chi connectivity index (χ0) is 16.9. The van der Waals surface area contributed by atoms with Crippen molar-refractivity contribution in [3.63, 3.8) is 0 Å². The van der Waals surface area contributed by atoms with Gasteiger partial charge in [0.05, 0.1) is 6.54 Å². The molecular weight excluding hydrogens is 296 g/mol. The first kappa shape index (κ1) is 16.9. The second-order valence-electron chi connectivity index (χ2n) is 6.33. The van der Waals surface area contributed by atoms with Crippen molar-refractivity contribution in [1.82, 2.24) is 9.88 Å². The fraction of sp³-hybridized carbons (Fsp3) is 0.600. The number of pyridine rings is 1. The normalized spacial score (nSPS) is 15.1. The Bertz CT molecular complexity index is 598. The highest BCUT2D eigenvalue weighted by molar-refractivity contribution is 5.68. The van der Waals surface area contributed by atoms with E-state index in [0.717, 1.165) is 11.4 Å². The van der Waals surface area contributed by atoms with Gasteiger partial charge in [0.15, 0.2) is 0 Å². The summed E-state index contributed by atoms with van der Waals surface area (Å²) in [5, 5.41) is 3.61. The van der Waals surface area contributed by atoms with Crippen LogP contribution in [0.15, 0.2) is 23.4 Å². The van der Waals surface area contributed by atoms with Gasteiger partial charge in [0.2, 0.25) is 0 Å². The number of amides is 1. The van der Waals surface area contributed by atoms with Gasteiger partial charge in [0, 0.05) is 42.9 Å². The Labute approximate surface area is 135 Å². The molecule has 1 saturated heterocycles. The molecule has 0 aliphatic carbocycles. The molecule has 1 aliphatic heterocycles. The molecule has 0 unspecified atom stereocenters. The van der Waals surface area contributed by atoms with Gasteiger partial charge in [-0.1, -0.05) is 11.2 Å². The lowest BCUT2D eigenvalue weighted by atomic mass is 10.2. The second kappa shape index (κ2) is 7.19. The van der Waals surface area contributed by atoms with Gasteiger partial charge in [-0.05, 0) is 32.4 Å². The van der Waals surface area contributed by atoms with Gasteiger partial charge < -0.3 is 14.5 Å². The number of carbonyl (C=O) groups is 1. The Morgan fingerprint density at radius 1 is 1.39 bits per heavy atom. The molecule has 0 bridgehead atoms. The molecule has 0 aromatic carbocycles. The molecule has 1 aliphatic rings. The van der Waals surface area contributed by atoms with Gasteiger partial charge in [-0.25, -0.2) is 9.78 Å². The van der Waals surface area contributed by atoms with Gasteiger partial charge in [-0.15, -0.1) is 0 Å². The third kappa shape index (κ3) is 4.75. The Morgan fingerprint density at radius 2 is 2.09 bits per heavy atom. The van der Waals surface area contributed by atoms with Crippen LogP contribution < -0.4 is 4.90 Å². The number of hydrogen-bond acceptors (Lipinski definition) is 5. The van der Waals surface area contributed by atoms with Gasteiger partial charge >= 0.3 is 6.09 Å². The van der Waals surface area contributed by atoms with Crippen LogP contribution in [0.25, 0.3) is 10.4 Å². The van der Waals surface area contributed by atoms with E-state index in [4.69, 9.17) is 10.3 Å². The van der Waals surface area contributed by atoms with Crippen molar-refractivity contribution in [2.75, 3.05) is 31.1 Å². The molecular formula is C15H22N6O2. The first-order chi connectivity index (χ1) is 10.9. The van der Waals surface area contributed by atoms with Crippen molar-refractivity contribution in [3.05, 3.63) is 34.3 Å². The average molecular weight is 318 g/mol. The van der Waals surface area contributed by atoms with Crippen LogP contribution in [0, 0.1) is 0 Å². The Hall–Kier alpha value is -2.47. The molecule has 2 heterocycles. The summed E-state index contributed by atoms with van der Waals surface area (Å²) in [4.78, 5) is 23.1. The molecule has 0 atom stereocenters. The second-order valence-corrected chi connectivity index (χ2v) is 6.33. The van der Waals surface area contributed by atoms with E-state index < -0.39 is 5.60 Å². The third-order valence-corrected chi connectivity index (χ3v) is 3.40. The lowest BCUT2D eigenvalue weighted by Crippen LogP contribution is -2.50. The topological polar surface area (TPSA) is 94.4 Å². The molecule has 0 radical (unpaired) electrons. The molecule has 1 fully saturated rings. The predicted octanol–water partition coefficient (Wildman–Crippen LogP) is 2.95. The van der Waals surface area contributed by atoms with Crippen molar-refractivity contribution < 1.29 is 9.53 Å². The summed E-state index contributed by atoms with van der Waals surface area (Å²) in [6.45, 7) is 8.33. The van der Waals surface area contributed by atoms with Gasteiger partial charge in [0.1, 0.15) is 11.4 Å². The number of ether oxygens (including phenoxy) is 1. The summed E-state index contributed by atoms with van der Waals surface area (Å²) in [7, 11) is 0. The number of rotatable bonds is 3. The fourth-order valence-electron chi connectivity index (χ4n) is 2.37. The summed E-state index contributed by atoms with van der Waals surface area (Å²) in [5.41, 5.74) is 8.88. The molecule has 1 amide bonds. The van der Waals surface area contributed by atoms with Crippen LogP contribution in [-0.4, -0.2) is 47.8 Å². The van der Waals surface area contributed by atoms with Crippen molar-refractivity contribution in [2.45, 2.75) is 32.9 Å². The molecule has 2 rings (SSSR count). The minimum atomic E-state index is -0.488. The minimum absolute atomic E-state index is 0.270. The van der Waals surface area contributed by atoms with Crippen molar-refractivity contribution in [1.29, 1.82) is 0 Å². The van der Waals surface area contributed by atoms with Crippen molar-refractivity contribution >= 4 is 11.9 Å². The highest BCUT2D eigenvalue weighted by Gasteiger charge is 2.26. The summed E-state index contributed by atoms with van der Waals surface area (Å²) in [5.74, 6) is 0.809. The largest absolute Gasteiger partial charge is 0.444 e. The average Bonchev–Trinajstić information content (AvgIpc) is 2.52. The molecule has 124 valence electrons. The Morgan fingerprint density at radius 3 is 2.70 bits per heavy atom. The van der Waals surface area contributed by atoms with Crippen LogP contribution in [0.4, 0.5) is 10.6 Å². The first-order valence-electron chi connectivity index (χ1n) is 7.58. The highest BCUT2D eigenvalue weighted by atomic mass is 16.6. The number of aromatic nitrogens is 1. The van der Waals surface area contributed by atoms with Crippen LogP contribution in [0.3, 0.4) is 0 Å². The molecule has 0 saturated carbocycles. The predicted molar refractivity (Wildman–Crippen MR) is 87.1 cm³/mol. The van der Waals surface area contributed by atoms with Crippen LogP contribution in [0.5, 0.6) is 0 Å². The van der Waals surface area contributed by atoms with E-state index >= 15 is 0 Å². The summed E-state index contributed by atoms with van der Waals surface area (Å²) in [6.07, 6.45) is 1.43. The first-order valence-corrected chi connectivity index (χ1v) is 7.58. The smallest absolute Gasteiger partial charge is 0.410 e. The molecule has 0 N–H and O–H groups in total. The standard InChI is InChI=1S/C15H22N6O2/c1-15(2,3)23-14(22)21-9-7-20(8-10-21)13-12(11-18-19-16)5-4-6-17-13/h4-6H,7-11H2,1-3H3. The zero-order valence-corrected chi connectivity index (χ0v) is 13.8. The lowest BCUT2D eigenvalue weighted by Gasteiger charge is -2.36. The van der Waals surface area contributed by atoms with Crippen LogP contribution in [0.1, 0.15) is 26.3 Å². The van der Waals surface area contributed by atoms with E-state index in [0.29, 0.717) is 26.2 Å². The number of nitrogens with zero attached hydrogens (tertiary/aromatic N) is 6. The van der Waals surface area contributed by atoms with E-state index in [1.165, 1.54) is 0 Å². The van der Waals surface area contributed by atoms with E-state index in [9.17, 15) is 4.79 Å². The number of carbonyl (C=O) groups excluding carboxylic acids is 1. The van der Waals surface area contributed by atoms with Crippen molar-refractivity contribution in [2.24, 2.45) is 5.11 Å². The maximum absolute atomic E-state index is 12.1.